The Morgan fingerprint density at radius 3 is 3.00 bits per heavy atom. The van der Waals surface area contributed by atoms with Crippen LogP contribution in [0.15, 0.2) is 6.20 Å². The van der Waals surface area contributed by atoms with E-state index in [4.69, 9.17) is 10.4 Å². The molecule has 1 atom stereocenters. The molecule has 0 saturated carbocycles. The maximum atomic E-state index is 9.10. The number of nitrogens with zero attached hydrogens (tertiary/aromatic N) is 3. The van der Waals surface area contributed by atoms with Crippen LogP contribution in [0.4, 0.5) is 0 Å². The number of aryl methyl sites for hydroxylation is 2. The van der Waals surface area contributed by atoms with Crippen LogP contribution in [0.3, 0.4) is 0 Å². The van der Waals surface area contributed by atoms with E-state index in [2.05, 4.69) is 16.5 Å². The topological polar surface area (TPSA) is 73.9 Å². The van der Waals surface area contributed by atoms with E-state index in [0.29, 0.717) is 13.0 Å². The van der Waals surface area contributed by atoms with E-state index in [1.54, 1.807) is 4.68 Å². The summed E-state index contributed by atoms with van der Waals surface area (Å²) in [4.78, 5) is 0. The van der Waals surface area contributed by atoms with E-state index in [-0.39, 0.29) is 12.6 Å². The van der Waals surface area contributed by atoms with Crippen molar-refractivity contribution in [1.29, 1.82) is 5.26 Å². The second-order valence-corrected chi connectivity index (χ2v) is 3.65. The molecule has 1 aromatic rings. The number of nitriles is 1. The second-order valence-electron chi connectivity index (χ2n) is 3.65. The van der Waals surface area contributed by atoms with Crippen molar-refractivity contribution >= 4 is 0 Å². The number of aliphatic hydroxyl groups is 1. The maximum Gasteiger partial charge on any atom is 0.124 e. The van der Waals surface area contributed by atoms with Gasteiger partial charge in [-0.15, -0.1) is 0 Å². The summed E-state index contributed by atoms with van der Waals surface area (Å²) in [5.41, 5.74) is 1.89. The van der Waals surface area contributed by atoms with Gasteiger partial charge in [-0.05, 0) is 19.4 Å². The fraction of sp³-hybridized carbons (Fsp3) is 0.636. The third-order valence-corrected chi connectivity index (χ3v) is 2.40. The molecule has 1 rings (SSSR count). The minimum atomic E-state index is -0.338. The summed E-state index contributed by atoms with van der Waals surface area (Å²) >= 11 is 0. The van der Waals surface area contributed by atoms with Crippen molar-refractivity contribution < 1.29 is 5.11 Å². The summed E-state index contributed by atoms with van der Waals surface area (Å²) in [7, 11) is 1.85. The molecule has 0 bridgehead atoms. The summed E-state index contributed by atoms with van der Waals surface area (Å²) in [6.07, 6.45) is 3.34. The molecule has 0 radical (unpaired) electrons. The van der Waals surface area contributed by atoms with Crippen LogP contribution in [0.2, 0.25) is 0 Å². The van der Waals surface area contributed by atoms with Crippen LogP contribution in [-0.2, 0) is 13.5 Å². The van der Waals surface area contributed by atoms with Crippen LogP contribution in [0.5, 0.6) is 0 Å². The highest BCUT2D eigenvalue weighted by molar-refractivity contribution is 5.26. The van der Waals surface area contributed by atoms with Gasteiger partial charge in [0.05, 0.1) is 11.8 Å². The van der Waals surface area contributed by atoms with Gasteiger partial charge >= 0.3 is 0 Å². The Morgan fingerprint density at radius 1 is 1.69 bits per heavy atom. The van der Waals surface area contributed by atoms with E-state index in [9.17, 15) is 0 Å². The van der Waals surface area contributed by atoms with Crippen molar-refractivity contribution in [2.24, 2.45) is 7.05 Å². The predicted octanol–water partition coefficient (Wildman–Crippen LogP) is 0.519. The van der Waals surface area contributed by atoms with Crippen molar-refractivity contribution in [3.8, 4) is 6.07 Å². The molecule has 0 aliphatic rings. The first-order valence-electron chi connectivity index (χ1n) is 5.49. The predicted molar refractivity (Wildman–Crippen MR) is 60.6 cm³/mol. The zero-order valence-electron chi connectivity index (χ0n) is 9.77. The third-order valence-electron chi connectivity index (χ3n) is 2.40. The van der Waals surface area contributed by atoms with Crippen molar-refractivity contribution in [3.05, 3.63) is 17.5 Å². The number of hydrogen-bond donors (Lipinski definition) is 2. The molecule has 88 valence electrons. The molecule has 1 heterocycles. The molecule has 0 aromatic carbocycles. The summed E-state index contributed by atoms with van der Waals surface area (Å²) in [5.74, 6) is 0. The Balaban J connectivity index is 2.74. The lowest BCUT2D eigenvalue weighted by Crippen LogP contribution is -2.22. The monoisotopic (exact) mass is 222 g/mol. The number of nitrogens with one attached hydrogen (secondary N) is 1. The van der Waals surface area contributed by atoms with E-state index in [1.165, 1.54) is 0 Å². The first-order valence-corrected chi connectivity index (χ1v) is 5.49. The second kappa shape index (κ2) is 6.26. The maximum absolute atomic E-state index is 9.10. The smallest absolute Gasteiger partial charge is 0.124 e. The Kier molecular flexibility index (Phi) is 4.96. The Hall–Kier alpha value is -1.38. The number of rotatable bonds is 6. The molecule has 1 aromatic heterocycles. The number of aromatic nitrogens is 2. The minimum absolute atomic E-state index is 0.138. The van der Waals surface area contributed by atoms with Crippen molar-refractivity contribution in [3.63, 3.8) is 0 Å². The fourth-order valence-electron chi connectivity index (χ4n) is 1.62. The molecule has 5 nitrogen and oxygen atoms in total. The quantitative estimate of drug-likeness (QED) is 0.688. The highest BCUT2D eigenvalue weighted by atomic mass is 16.3. The molecule has 0 aliphatic carbocycles. The van der Waals surface area contributed by atoms with E-state index in [1.807, 2.05) is 20.2 Å². The highest BCUT2D eigenvalue weighted by Gasteiger charge is 2.16. The number of hydrogen-bond acceptors (Lipinski definition) is 4. The largest absolute Gasteiger partial charge is 0.396 e. The average Bonchev–Trinajstić information content (AvgIpc) is 2.66. The molecular weight excluding hydrogens is 204 g/mol. The van der Waals surface area contributed by atoms with Gasteiger partial charge in [0.2, 0.25) is 0 Å². The molecule has 0 amide bonds. The molecule has 0 fully saturated rings. The van der Waals surface area contributed by atoms with Gasteiger partial charge in [0, 0.05) is 25.4 Å². The molecular formula is C11H18N4O. The van der Waals surface area contributed by atoms with Gasteiger partial charge in [-0.2, -0.15) is 10.4 Å². The lowest BCUT2D eigenvalue weighted by molar-refractivity contribution is 0.285. The fourth-order valence-corrected chi connectivity index (χ4v) is 1.62. The molecule has 0 spiro atoms. The summed E-state index contributed by atoms with van der Waals surface area (Å²) < 4.78 is 1.73. The van der Waals surface area contributed by atoms with Gasteiger partial charge in [0.25, 0.3) is 0 Å². The lowest BCUT2D eigenvalue weighted by atomic mass is 10.1. The highest BCUT2D eigenvalue weighted by Crippen LogP contribution is 2.16. The SMILES string of the molecule is CCc1nn(C)cc1C(C#N)NCCCO. The Bertz CT molecular complexity index is 367. The first-order chi connectivity index (χ1) is 7.72. The van der Waals surface area contributed by atoms with Crippen molar-refractivity contribution in [2.75, 3.05) is 13.2 Å². The summed E-state index contributed by atoms with van der Waals surface area (Å²) in [6.45, 7) is 2.79. The van der Waals surface area contributed by atoms with Gasteiger partial charge in [-0.1, -0.05) is 6.92 Å². The lowest BCUT2D eigenvalue weighted by Gasteiger charge is -2.10. The molecule has 5 heteroatoms. The van der Waals surface area contributed by atoms with Crippen LogP contribution < -0.4 is 5.32 Å². The Labute approximate surface area is 95.7 Å². The molecule has 16 heavy (non-hydrogen) atoms. The molecule has 0 saturated heterocycles. The van der Waals surface area contributed by atoms with E-state index in [0.717, 1.165) is 17.7 Å². The van der Waals surface area contributed by atoms with Crippen molar-refractivity contribution in [1.82, 2.24) is 15.1 Å². The third kappa shape index (κ3) is 3.05. The van der Waals surface area contributed by atoms with Gasteiger partial charge < -0.3 is 5.11 Å². The normalized spacial score (nSPS) is 12.4. The molecule has 2 N–H and O–H groups in total. The molecule has 0 aliphatic heterocycles. The van der Waals surface area contributed by atoms with Crippen LogP contribution in [-0.4, -0.2) is 28.0 Å². The summed E-state index contributed by atoms with van der Waals surface area (Å²) in [6, 6.07) is 1.88. The summed E-state index contributed by atoms with van der Waals surface area (Å²) in [5, 5.41) is 25.2. The van der Waals surface area contributed by atoms with Crippen LogP contribution >= 0.6 is 0 Å². The van der Waals surface area contributed by atoms with E-state index >= 15 is 0 Å². The van der Waals surface area contributed by atoms with Gasteiger partial charge in [0.1, 0.15) is 6.04 Å². The average molecular weight is 222 g/mol. The van der Waals surface area contributed by atoms with Crippen LogP contribution in [0.25, 0.3) is 0 Å². The van der Waals surface area contributed by atoms with Crippen LogP contribution in [0, 0.1) is 11.3 Å². The standard InChI is InChI=1S/C11H18N4O/c1-3-10-9(8-15(2)14-10)11(7-12)13-5-4-6-16/h8,11,13,16H,3-6H2,1-2H3. The van der Waals surface area contributed by atoms with Gasteiger partial charge in [-0.3, -0.25) is 10.00 Å². The minimum Gasteiger partial charge on any atom is -0.396 e. The van der Waals surface area contributed by atoms with Crippen LogP contribution in [0.1, 0.15) is 30.6 Å². The first kappa shape index (κ1) is 12.7. The van der Waals surface area contributed by atoms with Gasteiger partial charge in [-0.25, -0.2) is 0 Å². The zero-order valence-corrected chi connectivity index (χ0v) is 9.77. The van der Waals surface area contributed by atoms with Crippen molar-refractivity contribution in [2.45, 2.75) is 25.8 Å². The van der Waals surface area contributed by atoms with Gasteiger partial charge in [0.15, 0.2) is 0 Å². The van der Waals surface area contributed by atoms with E-state index < -0.39 is 0 Å². The number of aliphatic hydroxyl groups excluding tert-OH is 1. The zero-order chi connectivity index (χ0) is 12.0. The molecule has 1 unspecified atom stereocenters. The Morgan fingerprint density at radius 2 is 2.44 bits per heavy atom.